The molecule has 2 N–H and O–H groups in total. The molecule has 2 aromatic heterocycles. The number of nitrogens with zero attached hydrogens (tertiary/aromatic N) is 4. The second-order valence-electron chi connectivity index (χ2n) is 8.58. The van der Waals surface area contributed by atoms with E-state index < -0.39 is 23.0 Å². The van der Waals surface area contributed by atoms with Crippen molar-refractivity contribution < 1.29 is 18.7 Å². The Labute approximate surface area is 195 Å². The zero-order valence-electron chi connectivity index (χ0n) is 19.0. The van der Waals surface area contributed by atoms with Crippen molar-refractivity contribution >= 4 is 28.8 Å². The molecule has 1 aliphatic rings. The average Bonchev–Trinajstić information content (AvgIpc) is 3.25. The van der Waals surface area contributed by atoms with Gasteiger partial charge in [0.25, 0.3) is 0 Å². The Kier molecular flexibility index (Phi) is 6.28. The summed E-state index contributed by atoms with van der Waals surface area (Å²) >= 11 is 0. The molecule has 1 aliphatic heterocycles. The summed E-state index contributed by atoms with van der Waals surface area (Å²) in [4.78, 5) is 29.6. The number of carboxylic acid groups (broad SMARTS) is 1. The average molecular weight is 466 g/mol. The summed E-state index contributed by atoms with van der Waals surface area (Å²) < 4.78 is 27.4. The van der Waals surface area contributed by atoms with Gasteiger partial charge in [-0.15, -0.1) is 0 Å². The number of fused-ring (bicyclic) bond motifs is 1. The van der Waals surface area contributed by atoms with Crippen LogP contribution in [0.15, 0.2) is 53.9 Å². The largest absolute Gasteiger partial charge is 0.481 e. The summed E-state index contributed by atoms with van der Waals surface area (Å²) in [5.74, 6) is -1.03. The van der Waals surface area contributed by atoms with Gasteiger partial charge in [0.05, 0.1) is 16.6 Å². The number of likely N-dealkylation sites (tertiary alicyclic amines) is 1. The summed E-state index contributed by atoms with van der Waals surface area (Å²) in [6, 6.07) is 5.51. The van der Waals surface area contributed by atoms with E-state index in [0.29, 0.717) is 48.6 Å². The van der Waals surface area contributed by atoms with Gasteiger partial charge >= 0.3 is 5.97 Å². The Balaban J connectivity index is 1.44. The number of carbonyl (C=O) groups is 1. The fraction of sp³-hybridized carbons (Fsp3) is 0.280. The van der Waals surface area contributed by atoms with Crippen LogP contribution in [0.1, 0.15) is 32.4 Å². The van der Waals surface area contributed by atoms with Crippen LogP contribution in [0.2, 0.25) is 0 Å². The van der Waals surface area contributed by atoms with Crippen LogP contribution >= 0.6 is 0 Å². The van der Waals surface area contributed by atoms with Gasteiger partial charge in [0, 0.05) is 42.7 Å². The lowest BCUT2D eigenvalue weighted by molar-refractivity contribution is -0.150. The molecular weight excluding hydrogens is 440 g/mol. The minimum absolute atomic E-state index is 0.0669. The number of rotatable bonds is 6. The van der Waals surface area contributed by atoms with Crippen molar-refractivity contribution in [1.29, 1.82) is 0 Å². The zero-order valence-corrected chi connectivity index (χ0v) is 19.0. The highest BCUT2D eigenvalue weighted by Crippen LogP contribution is 2.32. The molecule has 4 rings (SSSR count). The molecule has 1 saturated heterocycles. The maximum absolute atomic E-state index is 13.9. The summed E-state index contributed by atoms with van der Waals surface area (Å²) in [6.45, 7) is 8.92. The van der Waals surface area contributed by atoms with E-state index in [-0.39, 0.29) is 11.0 Å². The lowest BCUT2D eigenvalue weighted by atomic mass is 9.80. The number of carboxylic acids is 1. The van der Waals surface area contributed by atoms with Gasteiger partial charge in [-0.1, -0.05) is 6.58 Å². The number of aliphatic carboxylic acids is 1. The van der Waals surface area contributed by atoms with Crippen molar-refractivity contribution in [1.82, 2.24) is 19.9 Å². The Morgan fingerprint density at radius 2 is 2.03 bits per heavy atom. The van der Waals surface area contributed by atoms with Crippen LogP contribution in [0, 0.1) is 17.0 Å². The van der Waals surface area contributed by atoms with E-state index in [4.69, 9.17) is 0 Å². The molecule has 0 unspecified atom stereocenters. The molecule has 0 amide bonds. The number of pyridine rings is 1. The van der Waals surface area contributed by atoms with Crippen molar-refractivity contribution in [3.63, 3.8) is 0 Å². The topological polar surface area (TPSA) is 94.5 Å². The minimum Gasteiger partial charge on any atom is -0.481 e. The second kappa shape index (κ2) is 9.17. The maximum Gasteiger partial charge on any atom is 0.309 e. The molecular formula is C25H25F2N5O2. The van der Waals surface area contributed by atoms with Crippen LogP contribution in [0.4, 0.5) is 8.78 Å². The van der Waals surface area contributed by atoms with Crippen LogP contribution in [0.3, 0.4) is 0 Å². The highest BCUT2D eigenvalue weighted by molar-refractivity contribution is 6.08. The van der Waals surface area contributed by atoms with Gasteiger partial charge in [-0.25, -0.2) is 18.8 Å². The van der Waals surface area contributed by atoms with Crippen molar-refractivity contribution in [2.24, 2.45) is 10.4 Å². The number of hydrogen-bond donors (Lipinski definition) is 2. The minimum atomic E-state index is -0.763. The van der Waals surface area contributed by atoms with E-state index in [9.17, 15) is 18.7 Å². The predicted octanol–water partition coefficient (Wildman–Crippen LogP) is 5.04. The normalized spacial score (nSPS) is 16.4. The number of aromatic nitrogens is 3. The van der Waals surface area contributed by atoms with E-state index in [1.807, 2.05) is 13.0 Å². The first-order chi connectivity index (χ1) is 16.2. The molecule has 0 saturated carbocycles. The Morgan fingerprint density at radius 1 is 1.29 bits per heavy atom. The highest BCUT2D eigenvalue weighted by Gasteiger charge is 2.37. The quantitative estimate of drug-likeness (QED) is 0.498. The third-order valence-electron chi connectivity index (χ3n) is 6.19. The van der Waals surface area contributed by atoms with Crippen LogP contribution < -0.4 is 0 Å². The first kappa shape index (κ1) is 23.3. The van der Waals surface area contributed by atoms with Crippen LogP contribution in [-0.2, 0) is 4.79 Å². The molecule has 7 nitrogen and oxygen atoms in total. The number of piperidine rings is 1. The first-order valence-electron chi connectivity index (χ1n) is 10.9. The number of benzene rings is 1. The summed E-state index contributed by atoms with van der Waals surface area (Å²) in [7, 11) is 0. The second-order valence-corrected chi connectivity index (χ2v) is 8.58. The summed E-state index contributed by atoms with van der Waals surface area (Å²) in [5, 5.41) is 9.42. The molecule has 0 radical (unpaired) electrons. The van der Waals surface area contributed by atoms with Crippen LogP contribution in [-0.4, -0.2) is 50.2 Å². The predicted molar refractivity (Wildman–Crippen MR) is 127 cm³/mol. The monoisotopic (exact) mass is 465 g/mol. The Morgan fingerprint density at radius 3 is 2.65 bits per heavy atom. The Hall–Kier alpha value is -3.88. The lowest BCUT2D eigenvalue weighted by Crippen LogP contribution is -2.42. The van der Waals surface area contributed by atoms with E-state index in [2.05, 4.69) is 31.4 Å². The van der Waals surface area contributed by atoms with Gasteiger partial charge in [-0.05, 0) is 51.0 Å². The number of aromatic amines is 1. The van der Waals surface area contributed by atoms with Crippen molar-refractivity contribution in [2.75, 3.05) is 13.1 Å². The van der Waals surface area contributed by atoms with Gasteiger partial charge in [0.1, 0.15) is 23.0 Å². The highest BCUT2D eigenvalue weighted by atomic mass is 19.1. The molecule has 9 heteroatoms. The molecule has 34 heavy (non-hydrogen) atoms. The Bertz CT molecular complexity index is 1300. The number of H-pyrrole nitrogens is 1. The molecule has 176 valence electrons. The molecule has 1 fully saturated rings. The van der Waals surface area contributed by atoms with Gasteiger partial charge in [-0.2, -0.15) is 0 Å². The van der Waals surface area contributed by atoms with Crippen LogP contribution in [0.25, 0.3) is 28.0 Å². The van der Waals surface area contributed by atoms with E-state index >= 15 is 0 Å². The number of nitrogens with one attached hydrogen (secondary N) is 1. The van der Waals surface area contributed by atoms with Gasteiger partial charge in [0.15, 0.2) is 5.82 Å². The number of allylic oxidation sites excluding steroid dienone is 2. The third-order valence-corrected chi connectivity index (χ3v) is 6.19. The van der Waals surface area contributed by atoms with Gasteiger partial charge < -0.3 is 15.0 Å². The van der Waals surface area contributed by atoms with Crippen molar-refractivity contribution in [3.8, 4) is 11.4 Å². The maximum atomic E-state index is 13.9. The molecule has 0 aliphatic carbocycles. The van der Waals surface area contributed by atoms with Gasteiger partial charge in [0.2, 0.25) is 0 Å². The number of hydrogen-bond acceptors (Lipinski definition) is 5. The van der Waals surface area contributed by atoms with E-state index in [1.54, 1.807) is 31.5 Å². The van der Waals surface area contributed by atoms with E-state index in [0.717, 1.165) is 11.9 Å². The smallest absolute Gasteiger partial charge is 0.309 e. The third kappa shape index (κ3) is 4.59. The number of imidazole rings is 1. The summed E-state index contributed by atoms with van der Waals surface area (Å²) in [6.07, 6.45) is 6.19. The number of aliphatic imine (C=N–C) groups is 1. The standard InChI is InChI=1S/C25H25F2N5O2/c1-4-21(32-9-7-25(3,8-10-32)24(33)34)29-13-15(2)19-6-5-16(14-28-19)23-30-20-12-17(26)11-18(27)22(20)31-23/h4-6,11-14H,2,7-10H2,1,3H3,(H,30,31)(H,33,34)/b21-4+,29-13?. The zero-order chi connectivity index (χ0) is 24.5. The van der Waals surface area contributed by atoms with E-state index in [1.165, 1.54) is 6.07 Å². The first-order valence-corrected chi connectivity index (χ1v) is 10.9. The molecule has 0 atom stereocenters. The fourth-order valence-corrected chi connectivity index (χ4v) is 3.89. The fourth-order valence-electron chi connectivity index (χ4n) is 3.89. The van der Waals surface area contributed by atoms with Gasteiger partial charge in [-0.3, -0.25) is 9.78 Å². The number of halogens is 2. The molecule has 3 aromatic rings. The lowest BCUT2D eigenvalue weighted by Gasteiger charge is -2.37. The van der Waals surface area contributed by atoms with Crippen LogP contribution in [0.5, 0.6) is 0 Å². The summed E-state index contributed by atoms with van der Waals surface area (Å²) in [5.41, 5.74) is 1.46. The molecule has 1 aromatic carbocycles. The molecule has 3 heterocycles. The SMILES string of the molecule is C=C(C=N/C(=C\C)N1CCC(C)(C(=O)O)CC1)c1ccc(-c2nc3c(F)cc(F)cc3[nH]2)cn1. The molecule has 0 bridgehead atoms. The molecule has 0 spiro atoms. The van der Waals surface area contributed by atoms with Crippen molar-refractivity contribution in [2.45, 2.75) is 26.7 Å². The van der Waals surface area contributed by atoms with Crippen molar-refractivity contribution in [3.05, 3.63) is 66.3 Å².